The fourth-order valence-corrected chi connectivity index (χ4v) is 2.07. The molecule has 0 aliphatic carbocycles. The number of methoxy groups -OCH3 is 1. The van der Waals surface area contributed by atoms with Crippen LogP contribution in [0.3, 0.4) is 0 Å². The van der Waals surface area contributed by atoms with Crippen molar-refractivity contribution in [1.29, 1.82) is 0 Å². The van der Waals surface area contributed by atoms with E-state index in [0.717, 1.165) is 31.1 Å². The summed E-state index contributed by atoms with van der Waals surface area (Å²) in [5, 5.41) is 0. The predicted octanol–water partition coefficient (Wildman–Crippen LogP) is 3.60. The molecule has 1 rings (SSSR count). The van der Waals surface area contributed by atoms with Gasteiger partial charge >= 0.3 is 0 Å². The van der Waals surface area contributed by atoms with Crippen LogP contribution in [0.5, 0.6) is 5.75 Å². The minimum absolute atomic E-state index is 0.821. The molecule has 0 aliphatic heterocycles. The first-order valence-electron chi connectivity index (χ1n) is 5.71. The van der Waals surface area contributed by atoms with Crippen molar-refractivity contribution in [3.8, 4) is 5.75 Å². The summed E-state index contributed by atoms with van der Waals surface area (Å²) >= 11 is 1.80. The molecule has 0 aliphatic rings. The standard InChI is InChI=1S/C13H20O2S/c1-3-4-8-15-9-10-16-13-7-5-6-12(11-13)14-2/h5-7,11H,3-4,8-10H2,1-2H3. The van der Waals surface area contributed by atoms with Gasteiger partial charge in [0.2, 0.25) is 0 Å². The average molecular weight is 240 g/mol. The third kappa shape index (κ3) is 5.42. The highest BCUT2D eigenvalue weighted by molar-refractivity contribution is 7.99. The van der Waals surface area contributed by atoms with Gasteiger partial charge in [-0.15, -0.1) is 11.8 Å². The fourth-order valence-electron chi connectivity index (χ4n) is 1.26. The smallest absolute Gasteiger partial charge is 0.119 e. The highest BCUT2D eigenvalue weighted by Gasteiger charge is 1.96. The van der Waals surface area contributed by atoms with Crippen LogP contribution in [0.1, 0.15) is 19.8 Å². The van der Waals surface area contributed by atoms with E-state index in [9.17, 15) is 0 Å². The van der Waals surface area contributed by atoms with Crippen molar-refractivity contribution < 1.29 is 9.47 Å². The van der Waals surface area contributed by atoms with E-state index in [0.29, 0.717) is 0 Å². The molecule has 1 aromatic rings. The van der Waals surface area contributed by atoms with Crippen molar-refractivity contribution in [2.75, 3.05) is 26.1 Å². The Morgan fingerprint density at radius 1 is 1.25 bits per heavy atom. The lowest BCUT2D eigenvalue weighted by atomic mass is 10.3. The van der Waals surface area contributed by atoms with Crippen molar-refractivity contribution in [2.45, 2.75) is 24.7 Å². The molecule has 0 fully saturated rings. The molecule has 0 aromatic heterocycles. The van der Waals surface area contributed by atoms with Crippen molar-refractivity contribution in [3.63, 3.8) is 0 Å². The third-order valence-corrected chi connectivity index (χ3v) is 3.14. The lowest BCUT2D eigenvalue weighted by molar-refractivity contribution is 0.147. The minimum atomic E-state index is 0.821. The van der Waals surface area contributed by atoms with Gasteiger partial charge < -0.3 is 9.47 Å². The van der Waals surface area contributed by atoms with Crippen LogP contribution >= 0.6 is 11.8 Å². The van der Waals surface area contributed by atoms with Crippen molar-refractivity contribution in [1.82, 2.24) is 0 Å². The van der Waals surface area contributed by atoms with E-state index < -0.39 is 0 Å². The first kappa shape index (κ1) is 13.4. The largest absolute Gasteiger partial charge is 0.497 e. The number of ether oxygens (including phenoxy) is 2. The van der Waals surface area contributed by atoms with E-state index in [1.165, 1.54) is 11.3 Å². The van der Waals surface area contributed by atoms with Gasteiger partial charge in [0.15, 0.2) is 0 Å². The summed E-state index contributed by atoms with van der Waals surface area (Å²) in [6.45, 7) is 3.88. The molecule has 2 nitrogen and oxygen atoms in total. The Bertz CT molecular complexity index is 289. The Labute approximate surface area is 102 Å². The Hall–Kier alpha value is -0.670. The van der Waals surface area contributed by atoms with Crippen molar-refractivity contribution in [3.05, 3.63) is 24.3 Å². The Morgan fingerprint density at radius 2 is 2.12 bits per heavy atom. The van der Waals surface area contributed by atoms with E-state index in [2.05, 4.69) is 19.1 Å². The van der Waals surface area contributed by atoms with Gasteiger partial charge in [0.05, 0.1) is 13.7 Å². The quantitative estimate of drug-likeness (QED) is 0.511. The summed E-state index contributed by atoms with van der Waals surface area (Å²) in [4.78, 5) is 1.23. The van der Waals surface area contributed by atoms with Crippen LogP contribution < -0.4 is 4.74 Å². The molecular formula is C13H20O2S. The summed E-state index contributed by atoms with van der Waals surface area (Å²) in [5.74, 6) is 1.91. The molecule has 0 heterocycles. The molecule has 0 atom stereocenters. The second kappa shape index (κ2) is 8.48. The van der Waals surface area contributed by atoms with Crippen LogP contribution in [0.2, 0.25) is 0 Å². The average Bonchev–Trinajstić information content (AvgIpc) is 2.34. The molecule has 0 spiro atoms. The van der Waals surface area contributed by atoms with E-state index in [1.807, 2.05) is 12.1 Å². The highest BCUT2D eigenvalue weighted by Crippen LogP contribution is 2.22. The zero-order valence-corrected chi connectivity index (χ0v) is 10.9. The van der Waals surface area contributed by atoms with Crippen LogP contribution in [0, 0.1) is 0 Å². The third-order valence-electron chi connectivity index (χ3n) is 2.18. The molecule has 3 heteroatoms. The maximum Gasteiger partial charge on any atom is 0.119 e. The number of hydrogen-bond donors (Lipinski definition) is 0. The molecule has 0 N–H and O–H groups in total. The molecule has 16 heavy (non-hydrogen) atoms. The van der Waals surface area contributed by atoms with Gasteiger partial charge in [0.25, 0.3) is 0 Å². The normalized spacial score (nSPS) is 10.4. The number of hydrogen-bond acceptors (Lipinski definition) is 3. The molecule has 0 saturated carbocycles. The van der Waals surface area contributed by atoms with Gasteiger partial charge in [-0.1, -0.05) is 19.4 Å². The SMILES string of the molecule is CCCCOCCSc1cccc(OC)c1. The zero-order valence-electron chi connectivity index (χ0n) is 10.1. The number of unbranched alkanes of at least 4 members (excludes halogenated alkanes) is 1. The van der Waals surface area contributed by atoms with Gasteiger partial charge in [-0.05, 0) is 24.6 Å². The molecule has 0 amide bonds. The molecule has 0 saturated heterocycles. The highest BCUT2D eigenvalue weighted by atomic mass is 32.2. The molecule has 0 unspecified atom stereocenters. The molecule has 0 radical (unpaired) electrons. The van der Waals surface area contributed by atoms with E-state index >= 15 is 0 Å². The van der Waals surface area contributed by atoms with Crippen LogP contribution in [-0.4, -0.2) is 26.1 Å². The van der Waals surface area contributed by atoms with Crippen molar-refractivity contribution >= 4 is 11.8 Å². The van der Waals surface area contributed by atoms with Crippen LogP contribution in [0.15, 0.2) is 29.2 Å². The lowest BCUT2D eigenvalue weighted by Gasteiger charge is -2.05. The Balaban J connectivity index is 2.16. The summed E-state index contributed by atoms with van der Waals surface area (Å²) in [5.41, 5.74) is 0. The fraction of sp³-hybridized carbons (Fsp3) is 0.538. The van der Waals surface area contributed by atoms with Gasteiger partial charge in [-0.3, -0.25) is 0 Å². The molecule has 90 valence electrons. The number of benzene rings is 1. The zero-order chi connectivity index (χ0) is 11.6. The second-order valence-electron chi connectivity index (χ2n) is 3.49. The van der Waals surface area contributed by atoms with Crippen molar-refractivity contribution in [2.24, 2.45) is 0 Å². The first-order chi connectivity index (χ1) is 7.86. The maximum atomic E-state index is 5.50. The minimum Gasteiger partial charge on any atom is -0.497 e. The monoisotopic (exact) mass is 240 g/mol. The maximum absolute atomic E-state index is 5.50. The summed E-state index contributed by atoms with van der Waals surface area (Å²) in [6, 6.07) is 8.12. The summed E-state index contributed by atoms with van der Waals surface area (Å²) in [6.07, 6.45) is 2.35. The van der Waals surface area contributed by atoms with E-state index in [1.54, 1.807) is 18.9 Å². The van der Waals surface area contributed by atoms with Crippen LogP contribution in [0.25, 0.3) is 0 Å². The van der Waals surface area contributed by atoms with Crippen LogP contribution in [0.4, 0.5) is 0 Å². The van der Waals surface area contributed by atoms with Gasteiger partial charge in [-0.2, -0.15) is 0 Å². The van der Waals surface area contributed by atoms with E-state index in [4.69, 9.17) is 9.47 Å². The molecular weight excluding hydrogens is 220 g/mol. The van der Waals surface area contributed by atoms with E-state index in [-0.39, 0.29) is 0 Å². The van der Waals surface area contributed by atoms with Crippen LogP contribution in [-0.2, 0) is 4.74 Å². The van der Waals surface area contributed by atoms with Gasteiger partial charge in [0, 0.05) is 17.3 Å². The predicted molar refractivity (Wildman–Crippen MR) is 69.4 cm³/mol. The summed E-state index contributed by atoms with van der Waals surface area (Å²) in [7, 11) is 1.69. The second-order valence-corrected chi connectivity index (χ2v) is 4.66. The molecule has 0 bridgehead atoms. The van der Waals surface area contributed by atoms with Gasteiger partial charge in [0.1, 0.15) is 5.75 Å². The first-order valence-corrected chi connectivity index (χ1v) is 6.70. The number of rotatable bonds is 8. The summed E-state index contributed by atoms with van der Waals surface area (Å²) < 4.78 is 10.7. The van der Waals surface area contributed by atoms with Gasteiger partial charge in [-0.25, -0.2) is 0 Å². The number of thioether (sulfide) groups is 1. The topological polar surface area (TPSA) is 18.5 Å². The Kier molecular flexibility index (Phi) is 7.10. The lowest BCUT2D eigenvalue weighted by Crippen LogP contribution is -1.98. The molecule has 1 aromatic carbocycles. The Morgan fingerprint density at radius 3 is 2.88 bits per heavy atom.